The number of furan rings is 1. The Morgan fingerprint density at radius 3 is 2.82 bits per heavy atom. The van der Waals surface area contributed by atoms with Crippen LogP contribution in [-0.4, -0.2) is 31.1 Å². The van der Waals surface area contributed by atoms with Gasteiger partial charge in [-0.1, -0.05) is 6.92 Å². The lowest BCUT2D eigenvalue weighted by Crippen LogP contribution is -2.37. The molecule has 1 fully saturated rings. The van der Waals surface area contributed by atoms with Crippen molar-refractivity contribution in [2.24, 2.45) is 5.92 Å². The molecule has 0 radical (unpaired) electrons. The summed E-state index contributed by atoms with van der Waals surface area (Å²) in [6.45, 7) is 7.87. The van der Waals surface area contributed by atoms with Gasteiger partial charge in [-0.05, 0) is 59.9 Å². The van der Waals surface area contributed by atoms with Crippen molar-refractivity contribution in [2.45, 2.75) is 26.3 Å². The quantitative estimate of drug-likeness (QED) is 0.848. The molecule has 17 heavy (non-hydrogen) atoms. The van der Waals surface area contributed by atoms with Gasteiger partial charge in [0.1, 0.15) is 5.76 Å². The predicted molar refractivity (Wildman–Crippen MR) is 73.0 cm³/mol. The van der Waals surface area contributed by atoms with E-state index < -0.39 is 0 Å². The summed E-state index contributed by atoms with van der Waals surface area (Å²) in [4.78, 5) is 2.55. The maximum absolute atomic E-state index is 5.43. The third-order valence-corrected chi connectivity index (χ3v) is 3.84. The van der Waals surface area contributed by atoms with Crippen LogP contribution in [0.3, 0.4) is 0 Å². The van der Waals surface area contributed by atoms with E-state index in [1.165, 1.54) is 25.9 Å². The van der Waals surface area contributed by atoms with Crippen LogP contribution in [0, 0.1) is 5.92 Å². The molecule has 0 bridgehead atoms. The highest BCUT2D eigenvalue weighted by Crippen LogP contribution is 2.15. The van der Waals surface area contributed by atoms with E-state index in [0.29, 0.717) is 0 Å². The van der Waals surface area contributed by atoms with E-state index in [9.17, 15) is 0 Å². The van der Waals surface area contributed by atoms with Crippen molar-refractivity contribution < 1.29 is 4.42 Å². The Morgan fingerprint density at radius 2 is 2.18 bits per heavy atom. The zero-order chi connectivity index (χ0) is 12.1. The van der Waals surface area contributed by atoms with Crippen molar-refractivity contribution in [3.8, 4) is 0 Å². The van der Waals surface area contributed by atoms with E-state index in [0.717, 1.165) is 36.0 Å². The Bertz CT molecular complexity index is 332. The Kier molecular flexibility index (Phi) is 5.07. The Balaban J connectivity index is 1.57. The molecule has 2 rings (SSSR count). The summed E-state index contributed by atoms with van der Waals surface area (Å²) in [5, 5.41) is 3.42. The van der Waals surface area contributed by atoms with Crippen LogP contribution in [0.25, 0.3) is 0 Å². The summed E-state index contributed by atoms with van der Waals surface area (Å²) in [6, 6.07) is 3.93. The van der Waals surface area contributed by atoms with Crippen molar-refractivity contribution >= 4 is 15.9 Å². The summed E-state index contributed by atoms with van der Waals surface area (Å²) in [7, 11) is 0. The molecule has 1 saturated heterocycles. The maximum atomic E-state index is 5.43. The largest absolute Gasteiger partial charge is 0.453 e. The van der Waals surface area contributed by atoms with Gasteiger partial charge in [0, 0.05) is 13.1 Å². The molecule has 0 unspecified atom stereocenters. The number of halogens is 1. The summed E-state index contributed by atoms with van der Waals surface area (Å²) in [6.07, 6.45) is 2.70. The predicted octanol–water partition coefficient (Wildman–Crippen LogP) is 2.86. The Morgan fingerprint density at radius 1 is 1.41 bits per heavy atom. The minimum atomic E-state index is 0.805. The molecular weight excluding hydrogens is 280 g/mol. The molecule has 2 heterocycles. The van der Waals surface area contributed by atoms with Crippen LogP contribution in [0.15, 0.2) is 21.2 Å². The third kappa shape index (κ3) is 4.45. The van der Waals surface area contributed by atoms with E-state index in [1.54, 1.807) is 0 Å². The first kappa shape index (κ1) is 13.1. The topological polar surface area (TPSA) is 28.4 Å². The van der Waals surface area contributed by atoms with Crippen molar-refractivity contribution in [1.29, 1.82) is 0 Å². The number of rotatable bonds is 5. The minimum absolute atomic E-state index is 0.805. The molecule has 1 aromatic heterocycles. The first-order chi connectivity index (χ1) is 8.24. The molecule has 0 saturated carbocycles. The van der Waals surface area contributed by atoms with Crippen molar-refractivity contribution in [3.63, 3.8) is 0 Å². The van der Waals surface area contributed by atoms with Crippen molar-refractivity contribution in [1.82, 2.24) is 10.2 Å². The smallest absolute Gasteiger partial charge is 0.169 e. The van der Waals surface area contributed by atoms with Gasteiger partial charge in [0.25, 0.3) is 0 Å². The minimum Gasteiger partial charge on any atom is -0.453 e. The van der Waals surface area contributed by atoms with Crippen LogP contribution in [0.2, 0.25) is 0 Å². The number of nitrogens with one attached hydrogen (secondary N) is 1. The highest BCUT2D eigenvalue weighted by Gasteiger charge is 2.14. The molecule has 0 aliphatic carbocycles. The lowest BCUT2D eigenvalue weighted by atomic mass is 9.99. The van der Waals surface area contributed by atoms with E-state index in [1.807, 2.05) is 12.1 Å². The highest BCUT2D eigenvalue weighted by molar-refractivity contribution is 9.10. The fourth-order valence-electron chi connectivity index (χ4n) is 2.18. The van der Waals surface area contributed by atoms with Gasteiger partial charge in [0.05, 0.1) is 6.54 Å². The second kappa shape index (κ2) is 6.57. The number of nitrogens with zero attached hydrogens (tertiary/aromatic N) is 1. The van der Waals surface area contributed by atoms with Gasteiger partial charge in [0.2, 0.25) is 0 Å². The molecular formula is C13H21BrN2O. The fourth-order valence-corrected chi connectivity index (χ4v) is 2.52. The van der Waals surface area contributed by atoms with Crippen LogP contribution in [0.5, 0.6) is 0 Å². The zero-order valence-electron chi connectivity index (χ0n) is 10.4. The fraction of sp³-hybridized carbons (Fsp3) is 0.692. The number of hydrogen-bond acceptors (Lipinski definition) is 3. The van der Waals surface area contributed by atoms with E-state index in [4.69, 9.17) is 4.42 Å². The Hall–Kier alpha value is -0.320. The molecule has 96 valence electrons. The highest BCUT2D eigenvalue weighted by atomic mass is 79.9. The molecule has 0 spiro atoms. The number of hydrogen-bond donors (Lipinski definition) is 1. The molecule has 1 aliphatic rings. The van der Waals surface area contributed by atoms with Crippen LogP contribution < -0.4 is 5.32 Å². The summed E-state index contributed by atoms with van der Waals surface area (Å²) in [5.41, 5.74) is 0. The first-order valence-electron chi connectivity index (χ1n) is 6.41. The van der Waals surface area contributed by atoms with Gasteiger partial charge < -0.3 is 14.6 Å². The lowest BCUT2D eigenvalue weighted by Gasteiger charge is -2.30. The lowest BCUT2D eigenvalue weighted by molar-refractivity contribution is 0.192. The summed E-state index contributed by atoms with van der Waals surface area (Å²) >= 11 is 3.31. The molecule has 3 nitrogen and oxygen atoms in total. The number of piperidine rings is 1. The number of likely N-dealkylation sites (tertiary alicyclic amines) is 1. The standard InChI is InChI=1S/C13H21BrN2O/c1-11-4-7-16(8-5-11)9-6-15-10-12-2-3-13(14)17-12/h2-3,11,15H,4-10H2,1H3. The first-order valence-corrected chi connectivity index (χ1v) is 7.20. The second-order valence-electron chi connectivity index (χ2n) is 4.91. The van der Waals surface area contributed by atoms with Crippen LogP contribution >= 0.6 is 15.9 Å². The molecule has 4 heteroatoms. The van der Waals surface area contributed by atoms with Crippen LogP contribution in [0.1, 0.15) is 25.5 Å². The van der Waals surface area contributed by atoms with Gasteiger partial charge >= 0.3 is 0 Å². The SMILES string of the molecule is CC1CCN(CCNCc2ccc(Br)o2)CC1. The second-order valence-corrected chi connectivity index (χ2v) is 5.69. The van der Waals surface area contributed by atoms with Gasteiger partial charge in [-0.15, -0.1) is 0 Å². The average Bonchev–Trinajstić information content (AvgIpc) is 2.73. The normalized spacial score (nSPS) is 18.7. The van der Waals surface area contributed by atoms with Gasteiger partial charge in [-0.25, -0.2) is 0 Å². The van der Waals surface area contributed by atoms with Gasteiger partial charge in [0.15, 0.2) is 4.67 Å². The van der Waals surface area contributed by atoms with E-state index in [-0.39, 0.29) is 0 Å². The monoisotopic (exact) mass is 300 g/mol. The molecule has 1 N–H and O–H groups in total. The molecule has 1 aliphatic heterocycles. The Labute approximate surface area is 112 Å². The van der Waals surface area contributed by atoms with E-state index in [2.05, 4.69) is 33.1 Å². The van der Waals surface area contributed by atoms with Crippen LogP contribution in [0.4, 0.5) is 0 Å². The van der Waals surface area contributed by atoms with Gasteiger partial charge in [-0.2, -0.15) is 0 Å². The van der Waals surface area contributed by atoms with Crippen molar-refractivity contribution in [2.75, 3.05) is 26.2 Å². The molecule has 0 atom stereocenters. The summed E-state index contributed by atoms with van der Waals surface area (Å²) in [5.74, 6) is 1.91. The molecule has 0 aromatic carbocycles. The summed E-state index contributed by atoms with van der Waals surface area (Å²) < 4.78 is 6.24. The third-order valence-electron chi connectivity index (χ3n) is 3.41. The molecule has 1 aromatic rings. The van der Waals surface area contributed by atoms with Crippen molar-refractivity contribution in [3.05, 3.63) is 22.6 Å². The maximum Gasteiger partial charge on any atom is 0.169 e. The van der Waals surface area contributed by atoms with E-state index >= 15 is 0 Å². The van der Waals surface area contributed by atoms with Gasteiger partial charge in [-0.3, -0.25) is 0 Å². The average molecular weight is 301 g/mol. The molecule has 0 amide bonds. The van der Waals surface area contributed by atoms with Crippen LogP contribution in [-0.2, 0) is 6.54 Å². The zero-order valence-corrected chi connectivity index (χ0v) is 12.0.